The average Bonchev–Trinajstić information content (AvgIpc) is 3.44. The Morgan fingerprint density at radius 1 is 0.738 bits per heavy atom. The largest absolute Gasteiger partial charge is 0.416 e. The fraction of sp³-hybridized carbons (Fsp3) is 0.161. The summed E-state index contributed by atoms with van der Waals surface area (Å²) in [4.78, 5) is 24.9. The molecule has 4 aromatic rings. The van der Waals surface area contributed by atoms with Crippen LogP contribution in [0.1, 0.15) is 24.5 Å². The second-order valence-corrected chi connectivity index (χ2v) is 11.9. The van der Waals surface area contributed by atoms with Crippen molar-refractivity contribution < 1.29 is 26.3 Å². The number of nitrogens with one attached hydrogen (secondary N) is 2. The number of hydrogen-bond acceptors (Lipinski definition) is 4. The highest BCUT2D eigenvalue weighted by atomic mass is 31.1. The molecule has 1 atom stereocenters. The molecule has 11 heteroatoms. The molecule has 0 aliphatic heterocycles. The molecular weight excluding hydrogens is 577 g/mol. The van der Waals surface area contributed by atoms with E-state index in [0.29, 0.717) is 18.6 Å². The van der Waals surface area contributed by atoms with Crippen molar-refractivity contribution in [2.24, 2.45) is 0 Å². The summed E-state index contributed by atoms with van der Waals surface area (Å²) in [7, 11) is -0.979. The number of benzene rings is 3. The molecule has 0 aromatic heterocycles. The highest BCUT2D eigenvalue weighted by Crippen LogP contribution is 2.49. The molecule has 0 saturated carbocycles. The normalized spacial score (nSPS) is 14.6. The van der Waals surface area contributed by atoms with E-state index >= 15 is 0 Å². The van der Waals surface area contributed by atoms with Gasteiger partial charge in [-0.15, -0.1) is 0 Å². The summed E-state index contributed by atoms with van der Waals surface area (Å²) in [6, 6.07) is 20.3. The van der Waals surface area contributed by atoms with Gasteiger partial charge in [-0.1, -0.05) is 72.8 Å². The molecule has 0 heterocycles. The van der Waals surface area contributed by atoms with Crippen molar-refractivity contribution in [1.29, 1.82) is 0 Å². The molecule has 216 valence electrons. The number of hydrogen-bond donors (Lipinski definition) is 2. The van der Waals surface area contributed by atoms with E-state index in [4.69, 9.17) is 0 Å². The van der Waals surface area contributed by atoms with Gasteiger partial charge in [-0.25, -0.2) is 0 Å². The van der Waals surface area contributed by atoms with Gasteiger partial charge in [0.1, 0.15) is 11.4 Å². The third-order valence-electron chi connectivity index (χ3n) is 6.86. The Morgan fingerprint density at radius 3 is 1.74 bits per heavy atom. The lowest BCUT2D eigenvalue weighted by atomic mass is 10.1. The Balaban J connectivity index is 1.48. The van der Waals surface area contributed by atoms with Gasteiger partial charge in [0.25, 0.3) is 10.9 Å². The molecule has 1 aliphatic carbocycles. The molecule has 0 fully saturated rings. The zero-order chi connectivity index (χ0) is 30.2. The van der Waals surface area contributed by atoms with Gasteiger partial charge in [0.05, 0.1) is 11.1 Å². The van der Waals surface area contributed by atoms with Crippen LogP contribution in [0.2, 0.25) is 0 Å². The summed E-state index contributed by atoms with van der Waals surface area (Å²) >= 11 is 0. The lowest BCUT2D eigenvalue weighted by molar-refractivity contribution is -0.143. The first-order chi connectivity index (χ1) is 19.8. The summed E-state index contributed by atoms with van der Waals surface area (Å²) in [6.45, 7) is 1.79. The second kappa shape index (κ2) is 11.2. The van der Waals surface area contributed by atoms with Crippen LogP contribution in [0.15, 0.2) is 111 Å². The maximum atomic E-state index is 13.3. The van der Waals surface area contributed by atoms with Gasteiger partial charge in [0.2, 0.25) is 0 Å². The molecule has 1 aliphatic rings. The summed E-state index contributed by atoms with van der Waals surface area (Å²) < 4.78 is 80.0. The quantitative estimate of drug-likeness (QED) is 0.128. The first kappa shape index (κ1) is 29.3. The van der Waals surface area contributed by atoms with Gasteiger partial charge in [-0.2, -0.15) is 26.3 Å². The Labute approximate surface area is 237 Å². The molecule has 0 spiro atoms. The van der Waals surface area contributed by atoms with Crippen LogP contribution < -0.4 is 32.1 Å². The van der Waals surface area contributed by atoms with Crippen LogP contribution in [0.3, 0.4) is 0 Å². The van der Waals surface area contributed by atoms with E-state index in [1.165, 1.54) is 0 Å². The van der Waals surface area contributed by atoms with Gasteiger partial charge in [0.15, 0.2) is 0 Å². The van der Waals surface area contributed by atoms with Gasteiger partial charge in [-0.3, -0.25) is 9.59 Å². The SMILES string of the molecule is C[C@@H](Nc1c(Nc2cc(C(F)(F)F)cc(C(F)(F)F)c2)c(=O)c1=O)C1=C(P(c2ccccc2)c2ccccc2)C=CC1. The highest BCUT2D eigenvalue weighted by Gasteiger charge is 2.37. The first-order valence-corrected chi connectivity index (χ1v) is 14.1. The molecule has 4 nitrogen and oxygen atoms in total. The van der Waals surface area contributed by atoms with Crippen molar-refractivity contribution >= 4 is 35.6 Å². The molecule has 0 amide bonds. The van der Waals surface area contributed by atoms with Crippen LogP contribution in [-0.4, -0.2) is 6.04 Å². The Bertz CT molecular complexity index is 1670. The molecule has 2 N–H and O–H groups in total. The number of allylic oxidation sites excluding steroid dienone is 3. The molecular formula is C31H23F6N2O2P. The highest BCUT2D eigenvalue weighted by molar-refractivity contribution is 7.77. The van der Waals surface area contributed by atoms with Gasteiger partial charge >= 0.3 is 12.4 Å². The van der Waals surface area contributed by atoms with Gasteiger partial charge < -0.3 is 10.6 Å². The molecule has 0 radical (unpaired) electrons. The molecule has 0 saturated heterocycles. The standard InChI is InChI=1S/C31H23F6N2O2P/c1-18(24-13-8-14-25(24)42(22-9-4-2-5-10-22)23-11-6-3-7-12-23)38-26-27(29(41)28(26)40)39-21-16-19(30(32,33)34)15-20(17-21)31(35,36)37/h2-12,14-18,38-39H,13H2,1H3/t18-/m1/s1. The van der Waals surface area contributed by atoms with Crippen molar-refractivity contribution in [1.82, 2.24) is 0 Å². The predicted molar refractivity (Wildman–Crippen MR) is 154 cm³/mol. The van der Waals surface area contributed by atoms with Gasteiger partial charge in [-0.05, 0) is 61.0 Å². The lowest BCUT2D eigenvalue weighted by Gasteiger charge is -2.26. The van der Waals surface area contributed by atoms with E-state index in [0.717, 1.165) is 21.5 Å². The zero-order valence-electron chi connectivity index (χ0n) is 22.0. The Morgan fingerprint density at radius 2 is 1.24 bits per heavy atom. The van der Waals surface area contributed by atoms with Crippen LogP contribution >= 0.6 is 7.92 Å². The minimum atomic E-state index is -5.06. The summed E-state index contributed by atoms with van der Waals surface area (Å²) in [6.07, 6.45) is -5.54. The second-order valence-electron chi connectivity index (χ2n) is 9.72. The third kappa shape index (κ3) is 5.90. The average molecular weight is 600 g/mol. The van der Waals surface area contributed by atoms with Gasteiger partial charge in [0, 0.05) is 11.7 Å². The van der Waals surface area contributed by atoms with E-state index in [1.54, 1.807) is 6.92 Å². The molecule has 5 rings (SSSR count). The minimum Gasteiger partial charge on any atom is -0.374 e. The van der Waals surface area contributed by atoms with E-state index < -0.39 is 54.0 Å². The number of anilines is 3. The smallest absolute Gasteiger partial charge is 0.374 e. The van der Waals surface area contributed by atoms with Crippen LogP contribution in [-0.2, 0) is 12.4 Å². The van der Waals surface area contributed by atoms with Crippen molar-refractivity contribution in [2.75, 3.05) is 10.6 Å². The summed E-state index contributed by atoms with van der Waals surface area (Å²) in [5, 5.41) is 8.59. The fourth-order valence-electron chi connectivity index (χ4n) is 4.83. The van der Waals surface area contributed by atoms with Crippen LogP contribution in [0.5, 0.6) is 0 Å². The number of halogens is 6. The number of alkyl halides is 6. The van der Waals surface area contributed by atoms with Crippen molar-refractivity contribution in [3.8, 4) is 0 Å². The van der Waals surface area contributed by atoms with Crippen molar-refractivity contribution in [3.05, 3.63) is 133 Å². The summed E-state index contributed by atoms with van der Waals surface area (Å²) in [5.74, 6) is 0. The van der Waals surface area contributed by atoms with Crippen LogP contribution in [0.25, 0.3) is 0 Å². The topological polar surface area (TPSA) is 58.2 Å². The third-order valence-corrected chi connectivity index (χ3v) is 9.41. The predicted octanol–water partition coefficient (Wildman–Crippen LogP) is 7.21. The zero-order valence-corrected chi connectivity index (χ0v) is 22.9. The van der Waals surface area contributed by atoms with Crippen LogP contribution in [0.4, 0.5) is 43.4 Å². The summed E-state index contributed by atoms with van der Waals surface area (Å²) in [5.41, 5.74) is -5.27. The van der Waals surface area contributed by atoms with E-state index in [9.17, 15) is 35.9 Å². The van der Waals surface area contributed by atoms with Crippen molar-refractivity contribution in [2.45, 2.75) is 31.7 Å². The molecule has 42 heavy (non-hydrogen) atoms. The molecule has 0 bridgehead atoms. The lowest BCUT2D eigenvalue weighted by Crippen LogP contribution is -2.39. The fourth-order valence-corrected chi connectivity index (χ4v) is 7.45. The number of rotatable bonds is 8. The monoisotopic (exact) mass is 600 g/mol. The van der Waals surface area contributed by atoms with Crippen LogP contribution in [0, 0.1) is 0 Å². The first-order valence-electron chi connectivity index (χ1n) is 12.8. The molecule has 0 unspecified atom stereocenters. The van der Waals surface area contributed by atoms with Crippen molar-refractivity contribution in [3.63, 3.8) is 0 Å². The van der Waals surface area contributed by atoms with E-state index in [2.05, 4.69) is 10.6 Å². The molecule has 4 aromatic carbocycles. The Hall–Kier alpha value is -4.17. The Kier molecular flexibility index (Phi) is 7.86. The maximum Gasteiger partial charge on any atom is 0.416 e. The minimum absolute atomic E-state index is 0.00660. The maximum absolute atomic E-state index is 13.3. The van der Waals surface area contributed by atoms with E-state index in [1.807, 2.05) is 72.8 Å². The van der Waals surface area contributed by atoms with E-state index in [-0.39, 0.29) is 17.4 Å².